The number of hydrogen-bond donors (Lipinski definition) is 4. The highest BCUT2D eigenvalue weighted by atomic mass is 16.4. The van der Waals surface area contributed by atoms with Crippen LogP contribution in [0, 0.1) is 0 Å². The molecule has 0 saturated carbocycles. The number of carboxylic acids is 4. The Morgan fingerprint density at radius 2 is 1.06 bits per heavy atom. The van der Waals surface area contributed by atoms with E-state index in [9.17, 15) is 39.6 Å². The van der Waals surface area contributed by atoms with Gasteiger partial charge in [-0.25, -0.2) is 0 Å². The highest BCUT2D eigenvalue weighted by Crippen LogP contribution is 2.13. The molecule has 1 aromatic rings. The summed E-state index contributed by atoms with van der Waals surface area (Å²) in [6.07, 6.45) is 0.474. The lowest BCUT2D eigenvalue weighted by Gasteiger charge is -2.37. The van der Waals surface area contributed by atoms with E-state index in [0.29, 0.717) is 6.42 Å². The average molecular weight is 495 g/mol. The fourth-order valence-corrected chi connectivity index (χ4v) is 4.24. The molecule has 1 aliphatic heterocycles. The summed E-state index contributed by atoms with van der Waals surface area (Å²) < 4.78 is 0. The molecule has 2 rings (SSSR count). The van der Waals surface area contributed by atoms with Crippen LogP contribution < -0.4 is 0 Å². The number of aliphatic carboxylic acids is 4. The summed E-state index contributed by atoms with van der Waals surface area (Å²) in [5, 5.41) is 37.6. The lowest BCUT2D eigenvalue weighted by molar-refractivity contribution is -0.142. The first-order valence-electron chi connectivity index (χ1n) is 11.4. The van der Waals surface area contributed by atoms with Gasteiger partial charge in [0.1, 0.15) is 0 Å². The lowest BCUT2D eigenvalue weighted by atomic mass is 10.0. The van der Waals surface area contributed by atoms with Crippen molar-refractivity contribution in [3.8, 4) is 0 Å². The summed E-state index contributed by atoms with van der Waals surface area (Å²) in [7, 11) is 0. The molecule has 0 aliphatic carbocycles. The van der Waals surface area contributed by atoms with Crippen molar-refractivity contribution in [2.24, 2.45) is 0 Å². The fourth-order valence-electron chi connectivity index (χ4n) is 4.24. The fraction of sp³-hybridized carbons (Fsp3) is 0.565. The molecule has 1 atom stereocenters. The molecule has 12 heteroatoms. The Bertz CT molecular complexity index is 853. The summed E-state index contributed by atoms with van der Waals surface area (Å²) in [6.45, 7) is 0.854. The van der Waals surface area contributed by atoms with Crippen molar-refractivity contribution >= 4 is 23.9 Å². The van der Waals surface area contributed by atoms with Gasteiger partial charge in [0.2, 0.25) is 0 Å². The summed E-state index contributed by atoms with van der Waals surface area (Å²) in [5.74, 6) is -4.11. The number of nitrogens with zero attached hydrogens (tertiary/aromatic N) is 4. The van der Waals surface area contributed by atoms with E-state index in [1.54, 1.807) is 19.6 Å². The lowest BCUT2D eigenvalue weighted by Crippen LogP contribution is -2.53. The summed E-state index contributed by atoms with van der Waals surface area (Å²) in [5.41, 5.74) is 0.963. The number of rotatable bonds is 10. The standard InChI is InChI=1S/C23H34N4O8/c28-20(29)14-24-6-7-25(15-21(30)31)10-11-27(17-23(34)35)19(12-18-4-2-1-3-5-18)13-26(9-8-24)16-22(32)33/h1-5,19H,6-17H2,(H,28,29)(H,30,31)(H,32,33)(H,34,35)/t19-/m1/s1. The Morgan fingerprint density at radius 1 is 0.629 bits per heavy atom. The molecule has 0 unspecified atom stereocenters. The summed E-state index contributed by atoms with van der Waals surface area (Å²) >= 11 is 0. The van der Waals surface area contributed by atoms with E-state index in [1.165, 1.54) is 0 Å². The largest absolute Gasteiger partial charge is 0.480 e. The molecule has 0 amide bonds. The highest BCUT2D eigenvalue weighted by molar-refractivity contribution is 5.70. The Hall–Kier alpha value is -3.06. The molecule has 1 heterocycles. The Kier molecular flexibility index (Phi) is 11.6. The summed E-state index contributed by atoms with van der Waals surface area (Å²) in [4.78, 5) is 52.8. The number of hydrogen-bond acceptors (Lipinski definition) is 8. The molecule has 4 N–H and O–H groups in total. The minimum absolute atomic E-state index is 0.250. The predicted octanol–water partition coefficient (Wildman–Crippen LogP) is -0.842. The van der Waals surface area contributed by atoms with Gasteiger partial charge in [-0.15, -0.1) is 0 Å². The van der Waals surface area contributed by atoms with Crippen LogP contribution in [0.4, 0.5) is 0 Å². The van der Waals surface area contributed by atoms with Crippen molar-refractivity contribution < 1.29 is 39.6 Å². The zero-order chi connectivity index (χ0) is 25.8. The van der Waals surface area contributed by atoms with Gasteiger partial charge in [0.05, 0.1) is 26.2 Å². The van der Waals surface area contributed by atoms with Crippen LogP contribution in [0.25, 0.3) is 0 Å². The first-order valence-corrected chi connectivity index (χ1v) is 11.4. The van der Waals surface area contributed by atoms with Crippen LogP contribution in [-0.2, 0) is 25.6 Å². The second-order valence-corrected chi connectivity index (χ2v) is 8.68. The third-order valence-electron chi connectivity index (χ3n) is 5.88. The maximum absolute atomic E-state index is 11.7. The van der Waals surface area contributed by atoms with Crippen LogP contribution in [-0.4, -0.2) is 142 Å². The monoisotopic (exact) mass is 494 g/mol. The van der Waals surface area contributed by atoms with Crippen molar-refractivity contribution in [3.63, 3.8) is 0 Å². The zero-order valence-corrected chi connectivity index (χ0v) is 19.7. The third kappa shape index (κ3) is 11.3. The van der Waals surface area contributed by atoms with E-state index in [0.717, 1.165) is 5.56 Å². The van der Waals surface area contributed by atoms with Gasteiger partial charge >= 0.3 is 23.9 Å². The Labute approximate surface area is 203 Å². The molecule has 0 aromatic heterocycles. The minimum atomic E-state index is -1.03. The molecule has 1 saturated heterocycles. The SMILES string of the molecule is O=C(O)CN1CCN(CC(=O)O)CCN(CC(=O)O)[C@H](Cc2ccccc2)CN(CC(=O)O)CC1. The molecule has 12 nitrogen and oxygen atoms in total. The maximum atomic E-state index is 11.7. The molecule has 1 aromatic carbocycles. The normalized spacial score (nSPS) is 19.9. The molecule has 35 heavy (non-hydrogen) atoms. The van der Waals surface area contributed by atoms with E-state index in [2.05, 4.69) is 0 Å². The van der Waals surface area contributed by atoms with Crippen molar-refractivity contribution in [1.82, 2.24) is 19.6 Å². The van der Waals surface area contributed by atoms with E-state index in [1.807, 2.05) is 30.3 Å². The predicted molar refractivity (Wildman–Crippen MR) is 125 cm³/mol. The number of carbonyl (C=O) groups is 4. The zero-order valence-electron chi connectivity index (χ0n) is 19.7. The van der Waals surface area contributed by atoms with Crippen LogP contribution in [0.1, 0.15) is 5.56 Å². The minimum Gasteiger partial charge on any atom is -0.480 e. The van der Waals surface area contributed by atoms with E-state index in [-0.39, 0.29) is 78.0 Å². The van der Waals surface area contributed by atoms with Gasteiger partial charge in [-0.1, -0.05) is 30.3 Å². The molecule has 1 fully saturated rings. The van der Waals surface area contributed by atoms with Gasteiger partial charge in [-0.3, -0.25) is 38.8 Å². The third-order valence-corrected chi connectivity index (χ3v) is 5.88. The van der Waals surface area contributed by atoms with Crippen molar-refractivity contribution in [2.45, 2.75) is 12.5 Å². The smallest absolute Gasteiger partial charge is 0.317 e. The van der Waals surface area contributed by atoms with Crippen molar-refractivity contribution in [3.05, 3.63) is 35.9 Å². The molecular formula is C23H34N4O8. The Morgan fingerprint density at radius 3 is 1.54 bits per heavy atom. The highest BCUT2D eigenvalue weighted by Gasteiger charge is 2.27. The van der Waals surface area contributed by atoms with Crippen LogP contribution in [0.3, 0.4) is 0 Å². The van der Waals surface area contributed by atoms with Gasteiger partial charge in [0, 0.05) is 51.9 Å². The second-order valence-electron chi connectivity index (χ2n) is 8.68. The molecule has 1 aliphatic rings. The quantitative estimate of drug-likeness (QED) is 0.319. The van der Waals surface area contributed by atoms with E-state index < -0.39 is 23.9 Å². The molecule has 0 spiro atoms. The van der Waals surface area contributed by atoms with E-state index >= 15 is 0 Å². The second kappa shape index (κ2) is 14.4. The van der Waals surface area contributed by atoms with Crippen LogP contribution in [0.15, 0.2) is 30.3 Å². The van der Waals surface area contributed by atoms with Gasteiger partial charge < -0.3 is 20.4 Å². The maximum Gasteiger partial charge on any atom is 0.317 e. The van der Waals surface area contributed by atoms with Crippen molar-refractivity contribution in [1.29, 1.82) is 0 Å². The van der Waals surface area contributed by atoms with Gasteiger partial charge in [-0.2, -0.15) is 0 Å². The Balaban J connectivity index is 2.36. The van der Waals surface area contributed by atoms with Gasteiger partial charge in [0.25, 0.3) is 0 Å². The first-order chi connectivity index (χ1) is 16.6. The molecule has 194 valence electrons. The molecule has 0 radical (unpaired) electrons. The number of benzene rings is 1. The topological polar surface area (TPSA) is 162 Å². The van der Waals surface area contributed by atoms with E-state index in [4.69, 9.17) is 0 Å². The number of carboxylic acid groups (broad SMARTS) is 4. The van der Waals surface area contributed by atoms with Crippen LogP contribution >= 0.6 is 0 Å². The van der Waals surface area contributed by atoms with Gasteiger partial charge in [0.15, 0.2) is 0 Å². The van der Waals surface area contributed by atoms with Gasteiger partial charge in [-0.05, 0) is 12.0 Å². The first kappa shape index (κ1) is 28.2. The average Bonchev–Trinajstić information content (AvgIpc) is 2.76. The van der Waals surface area contributed by atoms with Crippen LogP contribution in [0.2, 0.25) is 0 Å². The van der Waals surface area contributed by atoms with Crippen molar-refractivity contribution in [2.75, 3.05) is 72.0 Å². The van der Waals surface area contributed by atoms with Crippen LogP contribution in [0.5, 0.6) is 0 Å². The molecule has 0 bridgehead atoms. The molecular weight excluding hydrogens is 460 g/mol. The summed E-state index contributed by atoms with van der Waals surface area (Å²) in [6, 6.07) is 9.10.